The Morgan fingerprint density at radius 1 is 1.03 bits per heavy atom. The molecule has 11 heteroatoms. The Morgan fingerprint density at radius 2 is 1.72 bits per heavy atom. The van der Waals surface area contributed by atoms with Crippen LogP contribution in [0, 0.1) is 12.7 Å². The lowest BCUT2D eigenvalue weighted by atomic mass is 10.1. The van der Waals surface area contributed by atoms with Crippen LogP contribution in [0.2, 0.25) is 0 Å². The molecular formula is C25H23F4N5OS. The lowest BCUT2D eigenvalue weighted by Crippen LogP contribution is -2.20. The number of alkyl halides is 3. The largest absolute Gasteiger partial charge is 0.416 e. The quantitative estimate of drug-likeness (QED) is 0.243. The summed E-state index contributed by atoms with van der Waals surface area (Å²) in [6.45, 7) is 5.79. The zero-order chi connectivity index (χ0) is 26.5. The number of halogens is 4. The predicted octanol–water partition coefficient (Wildman–Crippen LogP) is 7.59. The maximum atomic E-state index is 15.4. The summed E-state index contributed by atoms with van der Waals surface area (Å²) in [5, 5.41) is 5.49. The first-order valence-corrected chi connectivity index (χ1v) is 11.7. The van der Waals surface area contributed by atoms with Crippen molar-refractivity contribution >= 4 is 34.6 Å². The zero-order valence-corrected chi connectivity index (χ0v) is 20.4. The van der Waals surface area contributed by atoms with Crippen LogP contribution in [0.3, 0.4) is 0 Å². The highest BCUT2D eigenvalue weighted by Gasteiger charge is 2.30. The number of aromatic nitrogens is 2. The van der Waals surface area contributed by atoms with E-state index in [0.29, 0.717) is 27.0 Å². The summed E-state index contributed by atoms with van der Waals surface area (Å²) in [4.78, 5) is 21.4. The average molecular weight is 518 g/mol. The van der Waals surface area contributed by atoms with Gasteiger partial charge in [-0.05, 0) is 49.4 Å². The number of nitrogens with zero attached hydrogens (tertiary/aromatic N) is 2. The van der Waals surface area contributed by atoms with Gasteiger partial charge in [-0.15, -0.1) is 11.3 Å². The minimum Gasteiger partial charge on any atom is -0.384 e. The molecule has 188 valence electrons. The lowest BCUT2D eigenvalue weighted by molar-refractivity contribution is -0.137. The van der Waals surface area contributed by atoms with Gasteiger partial charge in [0, 0.05) is 23.0 Å². The topological polar surface area (TPSA) is 92.9 Å². The van der Waals surface area contributed by atoms with E-state index in [-0.39, 0.29) is 16.9 Å². The van der Waals surface area contributed by atoms with Gasteiger partial charge < -0.3 is 16.4 Å². The van der Waals surface area contributed by atoms with Gasteiger partial charge in [-0.1, -0.05) is 26.0 Å². The summed E-state index contributed by atoms with van der Waals surface area (Å²) in [5.74, 6) is -0.387. The molecule has 6 nitrogen and oxygen atoms in total. The number of thiazole rings is 1. The van der Waals surface area contributed by atoms with Crippen LogP contribution < -0.4 is 16.4 Å². The number of hydrogen-bond acceptors (Lipinski definition) is 5. The number of urea groups is 1. The molecule has 4 aromatic rings. The molecule has 0 saturated heterocycles. The van der Waals surface area contributed by atoms with Crippen molar-refractivity contribution in [2.75, 3.05) is 16.4 Å². The van der Waals surface area contributed by atoms with Crippen LogP contribution in [0.5, 0.6) is 0 Å². The first-order valence-electron chi connectivity index (χ1n) is 10.9. The van der Waals surface area contributed by atoms with E-state index < -0.39 is 23.6 Å². The number of benzene rings is 2. The number of carbonyl (C=O) groups excluding carboxylic acids is 1. The van der Waals surface area contributed by atoms with Crippen LogP contribution in [-0.4, -0.2) is 16.0 Å². The van der Waals surface area contributed by atoms with Gasteiger partial charge in [-0.2, -0.15) is 13.2 Å². The number of carbonyl (C=O) groups is 1. The smallest absolute Gasteiger partial charge is 0.384 e. The molecule has 0 aliphatic carbocycles. The van der Waals surface area contributed by atoms with Gasteiger partial charge >= 0.3 is 12.2 Å². The van der Waals surface area contributed by atoms with Gasteiger partial charge in [0.2, 0.25) is 0 Å². The summed E-state index contributed by atoms with van der Waals surface area (Å²) < 4.78 is 53.5. The first-order chi connectivity index (χ1) is 17.1. The molecule has 0 atom stereocenters. The molecule has 0 radical (unpaired) electrons. The van der Waals surface area contributed by atoms with Gasteiger partial charge in [-0.3, -0.25) is 0 Å². The molecular weight excluding hydrogens is 494 g/mol. The monoisotopic (exact) mass is 517 g/mol. The van der Waals surface area contributed by atoms with Crippen molar-refractivity contribution in [3.05, 3.63) is 77.2 Å². The van der Waals surface area contributed by atoms with Crippen molar-refractivity contribution in [2.45, 2.75) is 26.9 Å². The molecule has 0 aliphatic rings. The minimum absolute atomic E-state index is 0.104. The number of amides is 2. The summed E-state index contributed by atoms with van der Waals surface area (Å²) in [6.07, 6.45) is -2.96. The second kappa shape index (κ2) is 11.2. The highest BCUT2D eigenvalue weighted by atomic mass is 32.1. The Bertz CT molecular complexity index is 1350. The van der Waals surface area contributed by atoms with Crippen LogP contribution in [-0.2, 0) is 6.18 Å². The van der Waals surface area contributed by atoms with Crippen molar-refractivity contribution in [1.29, 1.82) is 0 Å². The van der Waals surface area contributed by atoms with Crippen LogP contribution in [0.1, 0.15) is 24.4 Å². The number of anilines is 3. The highest BCUT2D eigenvalue weighted by Crippen LogP contribution is 2.39. The standard InChI is InChI=1S/C23H17F4N5OS.C2H6/c1-12-30-20(13-9-10-29-18(28)11-13)21(34-12)16-3-2-4-17(19(16)24)32-22(33)31-15-7-5-14(6-8-15)23(25,26)27;1-2/h2-11H,1H3,(H2,28,29)(H2,31,32,33);1-2H3. The van der Waals surface area contributed by atoms with E-state index in [1.54, 1.807) is 31.2 Å². The molecule has 0 saturated carbocycles. The number of nitrogens with one attached hydrogen (secondary N) is 2. The molecule has 2 aromatic carbocycles. The predicted molar refractivity (Wildman–Crippen MR) is 135 cm³/mol. The molecule has 0 fully saturated rings. The fraction of sp³-hybridized carbons (Fsp3) is 0.160. The van der Waals surface area contributed by atoms with Gasteiger partial charge in [0.05, 0.1) is 26.8 Å². The molecule has 36 heavy (non-hydrogen) atoms. The van der Waals surface area contributed by atoms with Gasteiger partial charge in [0.25, 0.3) is 0 Å². The van der Waals surface area contributed by atoms with E-state index in [9.17, 15) is 18.0 Å². The minimum atomic E-state index is -4.49. The fourth-order valence-corrected chi connectivity index (χ4v) is 4.19. The molecule has 4 rings (SSSR count). The second-order valence-corrected chi connectivity index (χ2v) is 8.40. The molecule has 2 amide bonds. The SMILES string of the molecule is CC.Cc1nc(-c2ccnc(N)c2)c(-c2cccc(NC(=O)Nc3ccc(C(F)(F)F)cc3)c2F)s1. The van der Waals surface area contributed by atoms with Crippen molar-refractivity contribution in [1.82, 2.24) is 9.97 Å². The molecule has 4 N–H and O–H groups in total. The van der Waals surface area contributed by atoms with E-state index in [4.69, 9.17) is 5.73 Å². The Morgan fingerprint density at radius 3 is 2.36 bits per heavy atom. The highest BCUT2D eigenvalue weighted by molar-refractivity contribution is 7.15. The number of rotatable bonds is 4. The van der Waals surface area contributed by atoms with E-state index in [0.717, 1.165) is 24.3 Å². The van der Waals surface area contributed by atoms with E-state index in [1.165, 1.54) is 23.6 Å². The van der Waals surface area contributed by atoms with Crippen molar-refractivity contribution in [3.8, 4) is 21.7 Å². The lowest BCUT2D eigenvalue weighted by Gasteiger charge is -2.12. The Labute approximate surface area is 209 Å². The average Bonchev–Trinajstić information content (AvgIpc) is 3.23. The van der Waals surface area contributed by atoms with Gasteiger partial charge in [-0.25, -0.2) is 19.2 Å². The maximum absolute atomic E-state index is 15.4. The Balaban J connectivity index is 0.00000176. The third kappa shape index (κ3) is 6.16. The second-order valence-electron chi connectivity index (χ2n) is 7.20. The fourth-order valence-electron chi connectivity index (χ4n) is 3.23. The van der Waals surface area contributed by atoms with Gasteiger partial charge in [0.15, 0.2) is 5.82 Å². The molecule has 0 aliphatic heterocycles. The van der Waals surface area contributed by atoms with Crippen LogP contribution in [0.25, 0.3) is 21.7 Å². The number of nitrogens with two attached hydrogens (primary N) is 1. The Kier molecular flexibility index (Phi) is 8.25. The zero-order valence-electron chi connectivity index (χ0n) is 19.6. The summed E-state index contributed by atoms with van der Waals surface area (Å²) in [5.41, 5.74) is 6.37. The number of aryl methyl sites for hydroxylation is 1. The van der Waals surface area contributed by atoms with E-state index in [2.05, 4.69) is 20.6 Å². The number of hydrogen-bond donors (Lipinski definition) is 3. The van der Waals surface area contributed by atoms with Crippen molar-refractivity contribution in [2.24, 2.45) is 0 Å². The molecule has 2 aromatic heterocycles. The summed E-state index contributed by atoms with van der Waals surface area (Å²) in [7, 11) is 0. The van der Waals surface area contributed by atoms with Crippen LogP contribution in [0.15, 0.2) is 60.8 Å². The van der Waals surface area contributed by atoms with Crippen LogP contribution >= 0.6 is 11.3 Å². The molecule has 0 bridgehead atoms. The van der Waals surface area contributed by atoms with Crippen LogP contribution in [0.4, 0.5) is 39.5 Å². The summed E-state index contributed by atoms with van der Waals surface area (Å²) in [6, 6.07) is 11.0. The normalized spacial score (nSPS) is 10.9. The maximum Gasteiger partial charge on any atom is 0.416 e. The Hall–Kier alpha value is -3.99. The van der Waals surface area contributed by atoms with Crippen molar-refractivity contribution < 1.29 is 22.4 Å². The van der Waals surface area contributed by atoms with E-state index in [1.807, 2.05) is 13.8 Å². The molecule has 0 unspecified atom stereocenters. The van der Waals surface area contributed by atoms with Crippen molar-refractivity contribution in [3.63, 3.8) is 0 Å². The summed E-state index contributed by atoms with van der Waals surface area (Å²) >= 11 is 1.28. The van der Waals surface area contributed by atoms with Gasteiger partial charge in [0.1, 0.15) is 5.82 Å². The van der Waals surface area contributed by atoms with E-state index >= 15 is 4.39 Å². The number of pyridine rings is 1. The molecule has 2 heterocycles. The first kappa shape index (κ1) is 26.6. The number of nitrogen functional groups attached to an aromatic ring is 1. The molecule has 0 spiro atoms. The third-order valence-electron chi connectivity index (χ3n) is 4.75. The third-order valence-corrected chi connectivity index (χ3v) is 5.75.